The quantitative estimate of drug-likeness (QED) is 0.269. The van der Waals surface area contributed by atoms with Gasteiger partial charge in [-0.25, -0.2) is 0 Å². The number of ether oxygens (including phenoxy) is 3. The molecule has 1 amide bonds. The number of para-hydroxylation sites is 2. The van der Waals surface area contributed by atoms with E-state index >= 15 is 0 Å². The SMILES string of the molecule is Cc1cc(C(=O)COC(=O)CCCNC(=O)c2ccco2)c(C)n1CC1COc2ccccc2O1. The van der Waals surface area contributed by atoms with Crippen molar-refractivity contribution < 1.29 is 33.0 Å². The Bertz CT molecular complexity index is 1200. The Balaban J connectivity index is 1.23. The Labute approximate surface area is 203 Å². The Kier molecular flexibility index (Phi) is 7.54. The van der Waals surface area contributed by atoms with E-state index in [-0.39, 0.29) is 36.6 Å². The van der Waals surface area contributed by atoms with Gasteiger partial charge in [-0.3, -0.25) is 14.4 Å². The molecule has 1 unspecified atom stereocenters. The van der Waals surface area contributed by atoms with Crippen molar-refractivity contribution in [1.29, 1.82) is 0 Å². The second-order valence-corrected chi connectivity index (χ2v) is 8.31. The first-order chi connectivity index (χ1) is 16.9. The number of nitrogens with one attached hydrogen (secondary N) is 1. The molecule has 0 aliphatic carbocycles. The molecule has 9 nitrogen and oxygen atoms in total. The van der Waals surface area contributed by atoms with Crippen LogP contribution in [0.5, 0.6) is 11.5 Å². The number of carbonyl (C=O) groups is 3. The highest BCUT2D eigenvalue weighted by Gasteiger charge is 2.24. The number of ketones is 1. The summed E-state index contributed by atoms with van der Waals surface area (Å²) in [7, 11) is 0. The van der Waals surface area contributed by atoms with E-state index in [4.69, 9.17) is 18.6 Å². The molecule has 3 aromatic rings. The molecule has 0 saturated carbocycles. The summed E-state index contributed by atoms with van der Waals surface area (Å²) in [4.78, 5) is 36.5. The first kappa shape index (κ1) is 24.1. The number of esters is 1. The van der Waals surface area contributed by atoms with E-state index in [1.165, 1.54) is 6.26 Å². The molecule has 0 spiro atoms. The van der Waals surface area contributed by atoms with Gasteiger partial charge >= 0.3 is 5.97 Å². The molecule has 35 heavy (non-hydrogen) atoms. The maximum Gasteiger partial charge on any atom is 0.306 e. The van der Waals surface area contributed by atoms with E-state index in [2.05, 4.69) is 5.32 Å². The normalized spacial score (nSPS) is 14.4. The van der Waals surface area contributed by atoms with Crippen LogP contribution >= 0.6 is 0 Å². The van der Waals surface area contributed by atoms with E-state index < -0.39 is 5.97 Å². The van der Waals surface area contributed by atoms with Gasteiger partial charge in [0.15, 0.2) is 30.0 Å². The zero-order valence-corrected chi connectivity index (χ0v) is 19.7. The number of aryl methyl sites for hydroxylation is 1. The lowest BCUT2D eigenvalue weighted by molar-refractivity contribution is -0.142. The largest absolute Gasteiger partial charge is 0.486 e. The van der Waals surface area contributed by atoms with E-state index in [0.29, 0.717) is 37.4 Å². The number of amides is 1. The van der Waals surface area contributed by atoms with Crippen molar-refractivity contribution in [3.63, 3.8) is 0 Å². The van der Waals surface area contributed by atoms with Crippen LogP contribution in [0.1, 0.15) is 45.1 Å². The van der Waals surface area contributed by atoms with E-state index in [0.717, 1.165) is 17.1 Å². The molecule has 0 bridgehead atoms. The molecule has 184 valence electrons. The number of fused-ring (bicyclic) bond motifs is 1. The molecule has 9 heteroatoms. The summed E-state index contributed by atoms with van der Waals surface area (Å²) >= 11 is 0. The first-order valence-electron chi connectivity index (χ1n) is 11.5. The minimum atomic E-state index is -0.495. The summed E-state index contributed by atoms with van der Waals surface area (Å²) < 4.78 is 24.0. The lowest BCUT2D eigenvalue weighted by Crippen LogP contribution is -2.33. The molecule has 3 heterocycles. The average molecular weight is 481 g/mol. The fraction of sp³-hybridized carbons (Fsp3) is 0.346. The standard InChI is InChI=1S/C26H28N2O7/c1-17-13-20(18(2)28(17)14-19-15-33-22-7-3-4-8-23(22)35-19)21(29)16-34-25(30)10-5-11-27-26(31)24-9-6-12-32-24/h3-4,6-9,12-13,19H,5,10-11,14-16H2,1-2H3,(H,27,31). The second kappa shape index (κ2) is 10.9. The summed E-state index contributed by atoms with van der Waals surface area (Å²) in [5.74, 6) is 0.532. The number of hydrogen-bond donors (Lipinski definition) is 1. The molecule has 0 saturated heterocycles. The fourth-order valence-electron chi connectivity index (χ4n) is 3.95. The smallest absolute Gasteiger partial charge is 0.306 e. The van der Waals surface area contributed by atoms with Crippen molar-refractivity contribution in [2.24, 2.45) is 0 Å². The van der Waals surface area contributed by atoms with Gasteiger partial charge < -0.3 is 28.5 Å². The Morgan fingerprint density at radius 2 is 1.91 bits per heavy atom. The number of furan rings is 1. The molecule has 1 aliphatic rings. The highest BCUT2D eigenvalue weighted by molar-refractivity contribution is 5.99. The van der Waals surface area contributed by atoms with Crippen LogP contribution in [0.3, 0.4) is 0 Å². The first-order valence-corrected chi connectivity index (χ1v) is 11.5. The molecule has 2 aromatic heterocycles. The van der Waals surface area contributed by atoms with Gasteiger partial charge in [0.2, 0.25) is 5.78 Å². The minimum Gasteiger partial charge on any atom is -0.486 e. The van der Waals surface area contributed by atoms with Crippen molar-refractivity contribution >= 4 is 17.7 Å². The van der Waals surface area contributed by atoms with Crippen LogP contribution in [0.2, 0.25) is 0 Å². The van der Waals surface area contributed by atoms with Crippen LogP contribution in [-0.4, -0.2) is 48.1 Å². The van der Waals surface area contributed by atoms with Gasteiger partial charge in [0.25, 0.3) is 5.91 Å². The lowest BCUT2D eigenvalue weighted by Gasteiger charge is -2.27. The summed E-state index contributed by atoms with van der Waals surface area (Å²) in [6.45, 7) is 4.69. The number of carbonyl (C=O) groups excluding carboxylic acids is 3. The third kappa shape index (κ3) is 5.92. The summed E-state index contributed by atoms with van der Waals surface area (Å²) in [5.41, 5.74) is 2.21. The molecular formula is C26H28N2O7. The van der Waals surface area contributed by atoms with Crippen molar-refractivity contribution in [1.82, 2.24) is 9.88 Å². The maximum absolute atomic E-state index is 12.7. The fourth-order valence-corrected chi connectivity index (χ4v) is 3.95. The minimum absolute atomic E-state index is 0.0885. The van der Waals surface area contributed by atoms with Crippen LogP contribution in [0, 0.1) is 13.8 Å². The van der Waals surface area contributed by atoms with Gasteiger partial charge in [-0.15, -0.1) is 0 Å². The Morgan fingerprint density at radius 1 is 1.11 bits per heavy atom. The molecule has 1 aromatic carbocycles. The maximum atomic E-state index is 12.7. The predicted octanol–water partition coefficient (Wildman–Crippen LogP) is 3.47. The molecule has 1 aliphatic heterocycles. The molecule has 0 fully saturated rings. The molecule has 0 radical (unpaired) electrons. The average Bonchev–Trinajstić information content (AvgIpc) is 3.50. The molecule has 1 atom stereocenters. The van der Waals surface area contributed by atoms with Gasteiger partial charge in [0.05, 0.1) is 12.8 Å². The molecule has 4 rings (SSSR count). The zero-order chi connectivity index (χ0) is 24.8. The van der Waals surface area contributed by atoms with Crippen molar-refractivity contribution in [2.45, 2.75) is 39.3 Å². The number of aromatic nitrogens is 1. The molecular weight excluding hydrogens is 452 g/mol. The van der Waals surface area contributed by atoms with Crippen LogP contribution in [0.25, 0.3) is 0 Å². The van der Waals surface area contributed by atoms with Gasteiger partial charge in [0, 0.05) is 29.9 Å². The summed E-state index contributed by atoms with van der Waals surface area (Å²) in [5, 5.41) is 2.66. The topological polar surface area (TPSA) is 109 Å². The number of benzene rings is 1. The number of hydrogen-bond acceptors (Lipinski definition) is 7. The van der Waals surface area contributed by atoms with Gasteiger partial charge in [0.1, 0.15) is 6.61 Å². The summed E-state index contributed by atoms with van der Waals surface area (Å²) in [6, 6.07) is 12.5. The van der Waals surface area contributed by atoms with E-state index in [9.17, 15) is 14.4 Å². The third-order valence-corrected chi connectivity index (χ3v) is 5.78. The van der Waals surface area contributed by atoms with Crippen LogP contribution in [-0.2, 0) is 16.1 Å². The number of Topliss-reactive ketones (excluding diaryl/α,β-unsaturated/α-hetero) is 1. The highest BCUT2D eigenvalue weighted by atomic mass is 16.6. The van der Waals surface area contributed by atoms with Gasteiger partial charge in [-0.05, 0) is 50.6 Å². The van der Waals surface area contributed by atoms with Crippen molar-refractivity contribution in [2.75, 3.05) is 19.8 Å². The number of nitrogens with zero attached hydrogens (tertiary/aromatic N) is 1. The third-order valence-electron chi connectivity index (χ3n) is 5.78. The van der Waals surface area contributed by atoms with Crippen molar-refractivity contribution in [3.8, 4) is 11.5 Å². The predicted molar refractivity (Wildman–Crippen MR) is 126 cm³/mol. The van der Waals surface area contributed by atoms with Crippen LogP contribution in [0.15, 0.2) is 53.1 Å². The van der Waals surface area contributed by atoms with Crippen LogP contribution in [0.4, 0.5) is 0 Å². The molecule has 1 N–H and O–H groups in total. The van der Waals surface area contributed by atoms with Crippen molar-refractivity contribution in [3.05, 3.63) is 71.4 Å². The Morgan fingerprint density at radius 3 is 2.69 bits per heavy atom. The van der Waals surface area contributed by atoms with Gasteiger partial charge in [-0.1, -0.05) is 12.1 Å². The zero-order valence-electron chi connectivity index (χ0n) is 19.7. The highest BCUT2D eigenvalue weighted by Crippen LogP contribution is 2.31. The number of rotatable bonds is 10. The summed E-state index contributed by atoms with van der Waals surface area (Å²) in [6.07, 6.45) is 1.70. The lowest BCUT2D eigenvalue weighted by atomic mass is 10.1. The van der Waals surface area contributed by atoms with Gasteiger partial charge in [-0.2, -0.15) is 0 Å². The monoisotopic (exact) mass is 480 g/mol. The Hall–Kier alpha value is -4.01. The van der Waals surface area contributed by atoms with E-state index in [1.807, 2.05) is 42.7 Å². The second-order valence-electron chi connectivity index (χ2n) is 8.31. The van der Waals surface area contributed by atoms with Crippen LogP contribution < -0.4 is 14.8 Å². The van der Waals surface area contributed by atoms with E-state index in [1.54, 1.807) is 18.2 Å².